The number of rotatable bonds is 4. The highest BCUT2D eigenvalue weighted by Crippen LogP contribution is 2.21. The Morgan fingerprint density at radius 1 is 1.37 bits per heavy atom. The maximum absolute atomic E-state index is 12.3. The molecule has 4 nitrogen and oxygen atoms in total. The monoisotopic (exact) mass is 432 g/mol. The Hall–Kier alpha value is -1.02. The van der Waals surface area contributed by atoms with E-state index in [9.17, 15) is 4.79 Å². The zero-order chi connectivity index (χ0) is 13.8. The minimum absolute atomic E-state index is 0.00569. The number of nitrogens with zero attached hydrogens (tertiary/aromatic N) is 2. The molecule has 0 aliphatic heterocycles. The van der Waals surface area contributed by atoms with E-state index in [-0.39, 0.29) is 12.2 Å². The summed E-state index contributed by atoms with van der Waals surface area (Å²) in [4.78, 5) is 20.2. The number of aromatic nitrogens is 2. The van der Waals surface area contributed by atoms with Crippen LogP contribution in [-0.2, 0) is 6.42 Å². The Kier molecular flexibility index (Phi) is 4.87. The van der Waals surface area contributed by atoms with Crippen LogP contribution < -0.4 is 4.74 Å². The van der Waals surface area contributed by atoms with Crippen LogP contribution in [-0.4, -0.2) is 22.9 Å². The van der Waals surface area contributed by atoms with Crippen molar-refractivity contribution in [3.8, 4) is 5.88 Å². The fraction of sp³-hybridized carbons (Fsp3) is 0.154. The van der Waals surface area contributed by atoms with Crippen molar-refractivity contribution in [2.75, 3.05) is 7.11 Å². The first kappa shape index (κ1) is 14.4. The van der Waals surface area contributed by atoms with Crippen LogP contribution in [0.4, 0.5) is 0 Å². The summed E-state index contributed by atoms with van der Waals surface area (Å²) in [6.07, 6.45) is 1.61. The van der Waals surface area contributed by atoms with Crippen LogP contribution in [0.5, 0.6) is 5.88 Å². The molecule has 0 radical (unpaired) electrons. The number of ether oxygens (including phenoxy) is 1. The average molecular weight is 433 g/mol. The van der Waals surface area contributed by atoms with Gasteiger partial charge in [-0.1, -0.05) is 15.9 Å². The Balaban J connectivity index is 2.23. The van der Waals surface area contributed by atoms with Gasteiger partial charge >= 0.3 is 0 Å². The molecule has 0 atom stereocenters. The number of hydrogen-bond acceptors (Lipinski definition) is 4. The fourth-order valence-corrected chi connectivity index (χ4v) is 2.52. The second-order valence-corrected chi connectivity index (χ2v) is 5.88. The molecule has 0 fully saturated rings. The molecule has 0 saturated heterocycles. The molecular weight excluding hydrogens is 423 g/mol. The van der Waals surface area contributed by atoms with Crippen molar-refractivity contribution in [2.45, 2.75) is 6.42 Å². The highest BCUT2D eigenvalue weighted by Gasteiger charge is 2.12. The van der Waals surface area contributed by atoms with Gasteiger partial charge in [0.25, 0.3) is 0 Å². The van der Waals surface area contributed by atoms with E-state index in [0.717, 1.165) is 8.04 Å². The van der Waals surface area contributed by atoms with Crippen LogP contribution in [0.1, 0.15) is 16.1 Å². The molecule has 98 valence electrons. The van der Waals surface area contributed by atoms with Crippen LogP contribution in [0.25, 0.3) is 0 Å². The minimum atomic E-state index is 0.00569. The van der Waals surface area contributed by atoms with Gasteiger partial charge in [0.05, 0.1) is 19.2 Å². The highest BCUT2D eigenvalue weighted by molar-refractivity contribution is 14.1. The summed E-state index contributed by atoms with van der Waals surface area (Å²) >= 11 is 5.57. The molecule has 6 heteroatoms. The van der Waals surface area contributed by atoms with E-state index in [1.165, 1.54) is 13.4 Å². The summed E-state index contributed by atoms with van der Waals surface area (Å²) in [5.41, 5.74) is 1.30. The number of ketones is 1. The van der Waals surface area contributed by atoms with Crippen LogP contribution in [0.3, 0.4) is 0 Å². The van der Waals surface area contributed by atoms with Gasteiger partial charge in [0.2, 0.25) is 5.88 Å². The Bertz CT molecular complexity index is 619. The molecular formula is C13H10BrIN2O2. The van der Waals surface area contributed by atoms with Gasteiger partial charge in [-0.3, -0.25) is 4.79 Å². The molecule has 2 rings (SSSR count). The van der Waals surface area contributed by atoms with E-state index in [0.29, 0.717) is 17.1 Å². The molecule has 0 aliphatic rings. The third-order valence-corrected chi connectivity index (χ3v) is 3.84. The van der Waals surface area contributed by atoms with Crippen molar-refractivity contribution in [2.24, 2.45) is 0 Å². The number of methoxy groups -OCH3 is 1. The van der Waals surface area contributed by atoms with Crippen molar-refractivity contribution in [3.05, 3.63) is 49.9 Å². The summed E-state index contributed by atoms with van der Waals surface area (Å²) in [6, 6.07) is 7.33. The Morgan fingerprint density at radius 3 is 2.89 bits per heavy atom. The molecule has 0 amide bonds. The second-order valence-electron chi connectivity index (χ2n) is 3.78. The van der Waals surface area contributed by atoms with Crippen molar-refractivity contribution in [1.29, 1.82) is 0 Å². The summed E-state index contributed by atoms with van der Waals surface area (Å²) < 4.78 is 6.82. The summed E-state index contributed by atoms with van der Waals surface area (Å²) in [5, 5.41) is 0. The lowest BCUT2D eigenvalue weighted by atomic mass is 10.1. The molecule has 19 heavy (non-hydrogen) atoms. The molecule has 0 bridgehead atoms. The van der Waals surface area contributed by atoms with Crippen LogP contribution in [0.15, 0.2) is 35.1 Å². The van der Waals surface area contributed by atoms with Gasteiger partial charge in [-0.2, -0.15) is 0 Å². The topological polar surface area (TPSA) is 52.1 Å². The van der Waals surface area contributed by atoms with E-state index >= 15 is 0 Å². The number of benzene rings is 1. The van der Waals surface area contributed by atoms with Gasteiger partial charge < -0.3 is 4.74 Å². The predicted octanol–water partition coefficient (Wildman–Crippen LogP) is 3.28. The number of Topliss-reactive ketones (excluding diaryl/α,β-unsaturated/α-hetero) is 1. The maximum atomic E-state index is 12.3. The van der Waals surface area contributed by atoms with Crippen molar-refractivity contribution in [1.82, 2.24) is 9.97 Å². The molecule has 2 aromatic rings. The van der Waals surface area contributed by atoms with Crippen LogP contribution in [0, 0.1) is 3.57 Å². The third kappa shape index (κ3) is 3.73. The van der Waals surface area contributed by atoms with Crippen molar-refractivity contribution in [3.63, 3.8) is 0 Å². The first-order valence-electron chi connectivity index (χ1n) is 5.43. The number of carbonyl (C=O) groups excluding carboxylic acids is 1. The molecule has 0 N–H and O–H groups in total. The molecule has 0 spiro atoms. The SMILES string of the molecule is COc1cc(CC(=O)c2cc(I)ccc2Br)ncn1. The summed E-state index contributed by atoms with van der Waals surface area (Å²) in [6.45, 7) is 0. The number of hydrogen-bond donors (Lipinski definition) is 0. The molecule has 1 heterocycles. The van der Waals surface area contributed by atoms with Crippen LogP contribution in [0.2, 0.25) is 0 Å². The maximum Gasteiger partial charge on any atom is 0.216 e. The smallest absolute Gasteiger partial charge is 0.216 e. The van der Waals surface area contributed by atoms with E-state index in [2.05, 4.69) is 48.5 Å². The van der Waals surface area contributed by atoms with E-state index in [1.807, 2.05) is 18.2 Å². The molecule has 1 aromatic heterocycles. The molecule has 0 unspecified atom stereocenters. The predicted molar refractivity (Wildman–Crippen MR) is 83.5 cm³/mol. The molecule has 1 aromatic carbocycles. The fourth-order valence-electron chi connectivity index (χ4n) is 1.56. The lowest BCUT2D eigenvalue weighted by Crippen LogP contribution is -2.07. The normalized spacial score (nSPS) is 10.3. The molecule has 0 saturated carbocycles. The van der Waals surface area contributed by atoms with Gasteiger partial charge in [-0.25, -0.2) is 9.97 Å². The summed E-state index contributed by atoms with van der Waals surface area (Å²) in [7, 11) is 1.53. The van der Waals surface area contributed by atoms with Crippen molar-refractivity contribution < 1.29 is 9.53 Å². The Morgan fingerprint density at radius 2 is 2.16 bits per heavy atom. The first-order chi connectivity index (χ1) is 9.10. The summed E-state index contributed by atoms with van der Waals surface area (Å²) in [5.74, 6) is 0.464. The number of halogens is 2. The van der Waals surface area contributed by atoms with Crippen LogP contribution >= 0.6 is 38.5 Å². The van der Waals surface area contributed by atoms with Gasteiger partial charge in [0.15, 0.2) is 5.78 Å². The van der Waals surface area contributed by atoms with E-state index < -0.39 is 0 Å². The van der Waals surface area contributed by atoms with Gasteiger partial charge in [0.1, 0.15) is 6.33 Å². The third-order valence-electron chi connectivity index (χ3n) is 2.48. The molecule has 0 aliphatic carbocycles. The Labute approximate surface area is 132 Å². The quantitative estimate of drug-likeness (QED) is 0.549. The average Bonchev–Trinajstić information content (AvgIpc) is 2.41. The first-order valence-corrected chi connectivity index (χ1v) is 7.30. The van der Waals surface area contributed by atoms with E-state index in [1.54, 1.807) is 6.07 Å². The van der Waals surface area contributed by atoms with Gasteiger partial charge in [0, 0.05) is 19.7 Å². The van der Waals surface area contributed by atoms with E-state index in [4.69, 9.17) is 4.74 Å². The minimum Gasteiger partial charge on any atom is -0.481 e. The standard InChI is InChI=1S/C13H10BrIN2O2/c1-19-13-6-9(16-7-17-13)5-12(18)10-4-8(15)2-3-11(10)14/h2-4,6-7H,5H2,1H3. The lowest BCUT2D eigenvalue weighted by Gasteiger charge is -2.05. The van der Waals surface area contributed by atoms with Gasteiger partial charge in [-0.05, 0) is 40.8 Å². The second kappa shape index (κ2) is 6.42. The number of carbonyl (C=O) groups is 1. The zero-order valence-corrected chi connectivity index (χ0v) is 13.8. The van der Waals surface area contributed by atoms with Crippen molar-refractivity contribution >= 4 is 44.3 Å². The zero-order valence-electron chi connectivity index (χ0n) is 10.1. The van der Waals surface area contributed by atoms with Gasteiger partial charge in [-0.15, -0.1) is 0 Å². The lowest BCUT2D eigenvalue weighted by molar-refractivity contribution is 0.0991. The highest BCUT2D eigenvalue weighted by atomic mass is 127. The largest absolute Gasteiger partial charge is 0.481 e.